The monoisotopic (exact) mass is 366 g/mol. The standard InChI is InChI=1S/C19H22N6O2/c1-12-14(8-9-20)15-4-2-3-5-16(15)25(12)18(26)11-24-10-17(22-23-24)21-19(27)13-6-7-13/h2-5,10,13H,6-9,11,20H2,1H3,(H,21,27). The van der Waals surface area contributed by atoms with Crippen LogP contribution in [0.3, 0.4) is 0 Å². The summed E-state index contributed by atoms with van der Waals surface area (Å²) < 4.78 is 3.16. The fourth-order valence-electron chi connectivity index (χ4n) is 3.43. The molecule has 1 aliphatic carbocycles. The number of benzene rings is 1. The summed E-state index contributed by atoms with van der Waals surface area (Å²) in [4.78, 5) is 24.8. The number of aromatic nitrogens is 4. The number of nitrogens with zero attached hydrogens (tertiary/aromatic N) is 4. The Morgan fingerprint density at radius 3 is 2.81 bits per heavy atom. The Hall–Kier alpha value is -3.00. The number of carbonyl (C=O) groups excluding carboxylic acids is 2. The molecule has 8 nitrogen and oxygen atoms in total. The summed E-state index contributed by atoms with van der Waals surface area (Å²) in [5, 5.41) is 11.7. The first-order valence-corrected chi connectivity index (χ1v) is 9.11. The maximum absolute atomic E-state index is 13.0. The number of fused-ring (bicyclic) bond motifs is 1. The molecule has 0 radical (unpaired) electrons. The van der Waals surface area contributed by atoms with Crippen LogP contribution in [-0.4, -0.2) is 37.9 Å². The third-order valence-corrected chi connectivity index (χ3v) is 4.92. The molecule has 3 aromatic rings. The molecule has 0 bridgehead atoms. The van der Waals surface area contributed by atoms with Gasteiger partial charge in [0.25, 0.3) is 5.91 Å². The van der Waals surface area contributed by atoms with Gasteiger partial charge in [0, 0.05) is 17.0 Å². The molecule has 1 amide bonds. The zero-order chi connectivity index (χ0) is 19.0. The molecule has 2 aromatic heterocycles. The molecule has 1 saturated carbocycles. The predicted octanol–water partition coefficient (Wildman–Crippen LogP) is 1.73. The van der Waals surface area contributed by atoms with Crippen molar-refractivity contribution in [2.75, 3.05) is 11.9 Å². The van der Waals surface area contributed by atoms with Gasteiger partial charge in [-0.25, -0.2) is 4.68 Å². The highest BCUT2D eigenvalue weighted by molar-refractivity contribution is 5.96. The number of anilines is 1. The Labute approximate surface area is 156 Å². The van der Waals surface area contributed by atoms with E-state index in [1.54, 1.807) is 10.8 Å². The minimum Gasteiger partial charge on any atom is -0.330 e. The summed E-state index contributed by atoms with van der Waals surface area (Å²) in [5.74, 6) is 0.313. The van der Waals surface area contributed by atoms with E-state index in [9.17, 15) is 9.59 Å². The Morgan fingerprint density at radius 1 is 1.30 bits per heavy atom. The van der Waals surface area contributed by atoms with Crippen LogP contribution in [0.1, 0.15) is 28.9 Å². The van der Waals surface area contributed by atoms with E-state index in [1.807, 2.05) is 31.2 Å². The van der Waals surface area contributed by atoms with Gasteiger partial charge in [-0.3, -0.25) is 14.2 Å². The second kappa shape index (κ2) is 6.96. The van der Waals surface area contributed by atoms with Gasteiger partial charge in [-0.1, -0.05) is 23.4 Å². The molecule has 8 heteroatoms. The molecular formula is C19H22N6O2. The maximum Gasteiger partial charge on any atom is 0.253 e. The highest BCUT2D eigenvalue weighted by Gasteiger charge is 2.30. The van der Waals surface area contributed by atoms with Crippen molar-refractivity contribution in [1.82, 2.24) is 19.6 Å². The summed E-state index contributed by atoms with van der Waals surface area (Å²) in [6.45, 7) is 2.50. The summed E-state index contributed by atoms with van der Waals surface area (Å²) >= 11 is 0. The Kier molecular flexibility index (Phi) is 4.49. The molecule has 1 aliphatic rings. The summed E-state index contributed by atoms with van der Waals surface area (Å²) in [6.07, 6.45) is 4.14. The van der Waals surface area contributed by atoms with E-state index in [2.05, 4.69) is 15.6 Å². The Balaban J connectivity index is 1.57. The second-order valence-electron chi connectivity index (χ2n) is 6.91. The van der Waals surface area contributed by atoms with Crippen molar-refractivity contribution in [3.8, 4) is 0 Å². The molecule has 1 fully saturated rings. The van der Waals surface area contributed by atoms with Crippen molar-refractivity contribution in [1.29, 1.82) is 0 Å². The summed E-state index contributed by atoms with van der Waals surface area (Å²) in [5.41, 5.74) is 8.61. The van der Waals surface area contributed by atoms with Gasteiger partial charge in [-0.05, 0) is 44.4 Å². The van der Waals surface area contributed by atoms with Crippen molar-refractivity contribution >= 4 is 28.5 Å². The first-order valence-electron chi connectivity index (χ1n) is 9.11. The van der Waals surface area contributed by atoms with Gasteiger partial charge in [0.15, 0.2) is 5.82 Å². The first-order chi connectivity index (χ1) is 13.1. The van der Waals surface area contributed by atoms with E-state index in [4.69, 9.17) is 5.73 Å². The average molecular weight is 366 g/mol. The van der Waals surface area contributed by atoms with Crippen LogP contribution in [0.4, 0.5) is 5.82 Å². The molecule has 2 heterocycles. The minimum atomic E-state index is -0.114. The van der Waals surface area contributed by atoms with Crippen LogP contribution in [0.5, 0.6) is 0 Å². The lowest BCUT2D eigenvalue weighted by atomic mass is 10.1. The molecule has 27 heavy (non-hydrogen) atoms. The van der Waals surface area contributed by atoms with E-state index < -0.39 is 0 Å². The van der Waals surface area contributed by atoms with Gasteiger partial charge < -0.3 is 11.1 Å². The SMILES string of the molecule is Cc1c(CCN)c2ccccc2n1C(=O)Cn1cc(NC(=O)C2CC2)nn1. The molecule has 0 aliphatic heterocycles. The molecule has 0 unspecified atom stereocenters. The zero-order valence-corrected chi connectivity index (χ0v) is 15.2. The van der Waals surface area contributed by atoms with Crippen LogP contribution < -0.4 is 11.1 Å². The molecule has 140 valence electrons. The van der Waals surface area contributed by atoms with Crippen molar-refractivity contribution in [3.63, 3.8) is 0 Å². The van der Waals surface area contributed by atoms with E-state index in [-0.39, 0.29) is 24.3 Å². The molecular weight excluding hydrogens is 344 g/mol. The minimum absolute atomic E-state index is 0.0351. The molecule has 0 atom stereocenters. The van der Waals surface area contributed by atoms with Gasteiger partial charge in [-0.15, -0.1) is 5.10 Å². The molecule has 0 spiro atoms. The van der Waals surface area contributed by atoms with Crippen LogP contribution in [0.25, 0.3) is 10.9 Å². The normalized spacial score (nSPS) is 13.9. The molecule has 3 N–H and O–H groups in total. The van der Waals surface area contributed by atoms with Gasteiger partial charge in [0.2, 0.25) is 5.91 Å². The van der Waals surface area contributed by atoms with Crippen molar-refractivity contribution in [2.45, 2.75) is 32.7 Å². The fourth-order valence-corrected chi connectivity index (χ4v) is 3.43. The van der Waals surface area contributed by atoms with Crippen LogP contribution in [-0.2, 0) is 17.8 Å². The second-order valence-corrected chi connectivity index (χ2v) is 6.91. The van der Waals surface area contributed by atoms with E-state index in [1.165, 1.54) is 4.68 Å². The lowest BCUT2D eigenvalue weighted by Gasteiger charge is -2.07. The first kappa shape index (κ1) is 17.4. The molecule has 0 saturated heterocycles. The molecule has 4 rings (SSSR count). The van der Waals surface area contributed by atoms with Crippen LogP contribution >= 0.6 is 0 Å². The van der Waals surface area contributed by atoms with Crippen molar-refractivity contribution in [2.24, 2.45) is 11.7 Å². The number of nitrogens with one attached hydrogen (secondary N) is 1. The number of carbonyl (C=O) groups is 2. The largest absolute Gasteiger partial charge is 0.330 e. The maximum atomic E-state index is 13.0. The zero-order valence-electron chi connectivity index (χ0n) is 15.2. The fraction of sp³-hybridized carbons (Fsp3) is 0.368. The highest BCUT2D eigenvalue weighted by atomic mass is 16.2. The number of amides is 1. The summed E-state index contributed by atoms with van der Waals surface area (Å²) in [6, 6.07) is 7.82. The number of para-hydroxylation sites is 1. The van der Waals surface area contributed by atoms with Gasteiger partial charge in [-0.2, -0.15) is 0 Å². The third-order valence-electron chi connectivity index (χ3n) is 4.92. The number of hydrogen-bond donors (Lipinski definition) is 2. The quantitative estimate of drug-likeness (QED) is 0.691. The third kappa shape index (κ3) is 3.35. The van der Waals surface area contributed by atoms with Gasteiger partial charge in [0.05, 0.1) is 11.7 Å². The van der Waals surface area contributed by atoms with E-state index in [0.717, 1.165) is 35.0 Å². The number of nitrogens with two attached hydrogens (primary N) is 1. The molecule has 1 aromatic carbocycles. The Bertz CT molecular complexity index is 1010. The smallest absolute Gasteiger partial charge is 0.253 e. The average Bonchev–Trinajstić information content (AvgIpc) is 3.36. The van der Waals surface area contributed by atoms with Crippen LogP contribution in [0, 0.1) is 12.8 Å². The van der Waals surface area contributed by atoms with Crippen LogP contribution in [0.15, 0.2) is 30.5 Å². The lowest BCUT2D eigenvalue weighted by molar-refractivity contribution is -0.117. The topological polar surface area (TPSA) is 108 Å². The van der Waals surface area contributed by atoms with Gasteiger partial charge >= 0.3 is 0 Å². The van der Waals surface area contributed by atoms with Crippen molar-refractivity contribution in [3.05, 3.63) is 41.7 Å². The van der Waals surface area contributed by atoms with E-state index in [0.29, 0.717) is 18.8 Å². The van der Waals surface area contributed by atoms with E-state index >= 15 is 0 Å². The van der Waals surface area contributed by atoms with Gasteiger partial charge in [0.1, 0.15) is 6.54 Å². The van der Waals surface area contributed by atoms with Crippen LogP contribution in [0.2, 0.25) is 0 Å². The Morgan fingerprint density at radius 2 is 2.07 bits per heavy atom. The van der Waals surface area contributed by atoms with Crippen molar-refractivity contribution < 1.29 is 9.59 Å². The predicted molar refractivity (Wildman–Crippen MR) is 101 cm³/mol. The summed E-state index contributed by atoms with van der Waals surface area (Å²) in [7, 11) is 0. The highest BCUT2D eigenvalue weighted by Crippen LogP contribution is 2.30. The lowest BCUT2D eigenvalue weighted by Crippen LogP contribution is -2.19. The number of hydrogen-bond acceptors (Lipinski definition) is 5. The number of rotatable bonds is 6.